The Hall–Kier alpha value is -3.46. The smallest absolute Gasteiger partial charge is 0.344 e. The quantitative estimate of drug-likeness (QED) is 0.0422. The number of phenols is 2. The summed E-state index contributed by atoms with van der Waals surface area (Å²) in [6, 6.07) is 3.21. The molecule has 3 saturated heterocycles. The molecule has 0 amide bonds. The first kappa shape index (κ1) is 57.2. The van der Waals surface area contributed by atoms with Crippen molar-refractivity contribution in [1.29, 1.82) is 0 Å². The zero-order valence-corrected chi connectivity index (χ0v) is 47.7. The number of thioether (sulfide) groups is 2. The Morgan fingerprint density at radius 2 is 1.78 bits per heavy atom. The summed E-state index contributed by atoms with van der Waals surface area (Å²) in [5.74, 6) is 1.77. The predicted octanol–water partition coefficient (Wildman–Crippen LogP) is 5.63. The second kappa shape index (κ2) is 23.0. The Morgan fingerprint density at radius 3 is 2.46 bits per heavy atom. The van der Waals surface area contributed by atoms with E-state index in [-0.39, 0.29) is 47.5 Å². The lowest BCUT2D eigenvalue weighted by Crippen LogP contribution is -2.69. The van der Waals surface area contributed by atoms with E-state index in [1.807, 2.05) is 31.9 Å². The summed E-state index contributed by atoms with van der Waals surface area (Å²) in [5, 5.41) is 41.0. The molecule has 6 N–H and O–H groups in total. The van der Waals surface area contributed by atoms with E-state index in [0.717, 1.165) is 16.7 Å². The summed E-state index contributed by atoms with van der Waals surface area (Å²) in [4.78, 5) is 31.8. The molecule has 8 aliphatic heterocycles. The molecule has 0 unspecified atom stereocenters. The molecule has 0 saturated carbocycles. The molecular formula is C49H64Cl2N5O16PS3. The van der Waals surface area contributed by atoms with Crippen LogP contribution in [-0.2, 0) is 51.9 Å². The first-order chi connectivity index (χ1) is 36.2. The Kier molecular flexibility index (Phi) is 17.3. The third kappa shape index (κ3) is 10.5. The average molecular weight is 1180 g/mol. The second-order valence-electron chi connectivity index (χ2n) is 19.5. The Bertz CT molecular complexity index is 2910. The first-order valence-electron chi connectivity index (χ1n) is 24.8. The summed E-state index contributed by atoms with van der Waals surface area (Å²) in [6.07, 6.45) is 0.883. The molecule has 0 aromatic heterocycles. The number of nitrogens with one attached hydrogen (secondary N) is 2. The number of piperazine rings is 1. The number of esters is 2. The molecule has 21 nitrogen and oxygen atoms in total. The Labute approximate surface area is 460 Å². The molecule has 8 aliphatic rings. The van der Waals surface area contributed by atoms with Gasteiger partial charge in [0.05, 0.1) is 55.3 Å². The van der Waals surface area contributed by atoms with Gasteiger partial charge in [0.1, 0.15) is 24.1 Å². The zero-order chi connectivity index (χ0) is 54.6. The number of nitrogens with zero attached hydrogens (tertiary/aromatic N) is 3. The van der Waals surface area contributed by atoms with Crippen LogP contribution in [0.1, 0.15) is 81.6 Å². The topological polar surface area (TPSA) is 265 Å². The van der Waals surface area contributed by atoms with Gasteiger partial charge in [-0.25, -0.2) is 14.6 Å². The molecule has 418 valence electrons. The lowest BCUT2D eigenvalue weighted by molar-refractivity contribution is -0.185. The van der Waals surface area contributed by atoms with Crippen LogP contribution >= 0.6 is 54.4 Å². The maximum Gasteiger partial charge on any atom is 0.344 e. The molecule has 0 aliphatic carbocycles. The van der Waals surface area contributed by atoms with Crippen molar-refractivity contribution in [2.75, 3.05) is 89.9 Å². The van der Waals surface area contributed by atoms with Crippen LogP contribution in [0.4, 0.5) is 0 Å². The van der Waals surface area contributed by atoms with Crippen LogP contribution in [0, 0.1) is 13.8 Å². The van der Waals surface area contributed by atoms with Crippen molar-refractivity contribution in [3.8, 4) is 40.2 Å². The highest BCUT2D eigenvalue weighted by molar-refractivity contribution is 8.01. The number of carbonyl (C=O) groups is 2. The number of benzene rings is 3. The van der Waals surface area contributed by atoms with Gasteiger partial charge < -0.3 is 48.3 Å². The minimum absolute atomic E-state index is 0.00731. The first-order valence-corrected chi connectivity index (χ1v) is 31.2. The molecule has 27 heteroatoms. The number of phenolic OH excluding ortho intramolecular Hbond substituents is 2. The zero-order valence-electron chi connectivity index (χ0n) is 42.8. The van der Waals surface area contributed by atoms with E-state index in [9.17, 15) is 37.9 Å². The number of aryl methyl sites for hydroxylation is 1. The summed E-state index contributed by atoms with van der Waals surface area (Å²) < 4.78 is 85.8. The fraction of sp³-hybridized carbons (Fsp3) is 0.592. The maximum absolute atomic E-state index is 14.8. The summed E-state index contributed by atoms with van der Waals surface area (Å²) in [5.41, 5.74) is 4.56. The van der Waals surface area contributed by atoms with Crippen LogP contribution in [0.3, 0.4) is 0 Å². The largest absolute Gasteiger partial charge is 0.504 e. The van der Waals surface area contributed by atoms with E-state index < -0.39 is 70.9 Å². The van der Waals surface area contributed by atoms with Crippen LogP contribution in [0.15, 0.2) is 18.2 Å². The Balaban J connectivity index is 0.000000284. The number of halogens is 2. The molecule has 4 bridgehead atoms. The normalized spacial score (nSPS) is 28.7. The molecule has 76 heavy (non-hydrogen) atoms. The number of methoxy groups -OCH3 is 2. The van der Waals surface area contributed by atoms with Crippen LogP contribution in [0.25, 0.3) is 0 Å². The number of aliphatic hydroxyl groups is 1. The monoisotopic (exact) mass is 1180 g/mol. The lowest BCUT2D eigenvalue weighted by Gasteiger charge is -2.61. The second-order valence-corrected chi connectivity index (χ2v) is 26.5. The van der Waals surface area contributed by atoms with Gasteiger partial charge in [-0.2, -0.15) is 20.2 Å². The van der Waals surface area contributed by atoms with Crippen molar-refractivity contribution in [2.24, 2.45) is 0 Å². The van der Waals surface area contributed by atoms with Crippen molar-refractivity contribution in [2.45, 2.75) is 93.0 Å². The van der Waals surface area contributed by atoms with E-state index in [0.29, 0.717) is 120 Å². The number of fused-ring (bicyclic) bond motifs is 10. The molecule has 3 fully saturated rings. The average Bonchev–Trinajstić information content (AvgIpc) is 4.02. The third-order valence-corrected chi connectivity index (χ3v) is 21.5. The molecule has 1 spiro atoms. The highest BCUT2D eigenvalue weighted by atomic mass is 35.5. The van der Waals surface area contributed by atoms with Gasteiger partial charge in [0.25, 0.3) is 10.1 Å². The number of rotatable bonds is 12. The van der Waals surface area contributed by atoms with Gasteiger partial charge in [-0.1, -0.05) is 6.07 Å². The van der Waals surface area contributed by atoms with Crippen LogP contribution in [0.5, 0.6) is 40.2 Å². The highest BCUT2D eigenvalue weighted by Gasteiger charge is 2.61. The van der Waals surface area contributed by atoms with E-state index in [2.05, 4.69) is 15.3 Å². The van der Waals surface area contributed by atoms with Crippen molar-refractivity contribution < 1.29 is 75.4 Å². The number of hydrogen-bond acceptors (Lipinski definition) is 20. The highest BCUT2D eigenvalue weighted by Crippen LogP contribution is 2.64. The van der Waals surface area contributed by atoms with Crippen molar-refractivity contribution >= 4 is 76.5 Å². The molecule has 3 aromatic rings. The number of ether oxygens (including phenoxy) is 6. The molecule has 9 atom stereocenters. The summed E-state index contributed by atoms with van der Waals surface area (Å²) in [7, 11) is -2.22. The molecule has 0 radical (unpaired) electrons. The minimum Gasteiger partial charge on any atom is -0.504 e. The molecule has 8 heterocycles. The van der Waals surface area contributed by atoms with Crippen molar-refractivity contribution in [1.82, 2.24) is 24.9 Å². The van der Waals surface area contributed by atoms with Crippen molar-refractivity contribution in [3.63, 3.8) is 0 Å². The van der Waals surface area contributed by atoms with E-state index in [1.165, 1.54) is 32.9 Å². The molecular weight excluding hydrogens is 1110 g/mol. The van der Waals surface area contributed by atoms with Gasteiger partial charge in [0.2, 0.25) is 6.79 Å². The van der Waals surface area contributed by atoms with Crippen LogP contribution in [0.2, 0.25) is 0 Å². The molecule has 11 rings (SSSR count). The SMILES string of the molecule is COc1cc2c(cc1O)CCN[C@]21CCS[C@@H]2c3c(OC(C)=O)c(C)c4c(c3[C@H](COC1=O)N1[C@@H]2[C@H]2c3c(cc(C)c(OC)c3O)C[C@@H]([C@@H]1O)N2C)OCO4.O=[P@]1(N(CCCl)CCCl)N[C@H](SCCS(=O)(=O)O)CCO1. The Morgan fingerprint density at radius 1 is 1.04 bits per heavy atom. The molecule has 3 aromatic carbocycles. The number of alkyl halides is 2. The van der Waals surface area contributed by atoms with Gasteiger partial charge in [-0.05, 0) is 86.7 Å². The number of carbonyl (C=O) groups excluding carboxylic acids is 2. The van der Waals surface area contributed by atoms with Crippen molar-refractivity contribution in [3.05, 3.63) is 62.7 Å². The number of aliphatic hydroxyl groups excluding tert-OH is 1. The van der Waals surface area contributed by atoms with Crippen LogP contribution < -0.4 is 34.1 Å². The number of aromatic hydroxyl groups is 2. The standard InChI is InChI=1S/C40H45N3O11S.C9H19Cl2N2O5PS2/c1-17-11-21-12-23-38(47)43-24-15-51-39(48)40(22-14-26(49-5)25(45)13-20(22)7-9-41-40)8-10-55-37(31(43)30(42(23)4)27(21)32(46)33(17)50-6)29-28(24)36-35(52-16-53-36)18(2)34(29)54-19(3)44;10-2-4-13(5-3-11)19(14)12-9(1-6-18-19)20-7-8-21(15,16)17/h11,13-14,23-24,30-31,37-38,41,45-47H,7-10,12,15-16H2,1-6H3;9H,1-8H2,(H,12,14)(H,15,16,17)/t23-,24-,30+,31+,37+,38-,40+;9-,19-/m01/s1. The summed E-state index contributed by atoms with van der Waals surface area (Å²) in [6.45, 7) is 6.36. The van der Waals surface area contributed by atoms with E-state index in [4.69, 9.17) is 60.7 Å². The van der Waals surface area contributed by atoms with Gasteiger partial charge in [0.15, 0.2) is 34.5 Å². The van der Waals surface area contributed by atoms with Gasteiger partial charge in [-0.15, -0.1) is 35.0 Å². The number of hydrogen-bond donors (Lipinski definition) is 6. The number of likely N-dealkylation sites (N-methyl/N-ethyl adjacent to an activating group) is 1. The maximum atomic E-state index is 14.8. The fourth-order valence-electron chi connectivity index (χ4n) is 12.0. The van der Waals surface area contributed by atoms with Gasteiger partial charge >= 0.3 is 19.6 Å². The van der Waals surface area contributed by atoms with E-state index in [1.54, 1.807) is 28.6 Å². The van der Waals surface area contributed by atoms with Gasteiger partial charge in [-0.3, -0.25) is 29.0 Å². The lowest BCUT2D eigenvalue weighted by atomic mass is 9.73. The van der Waals surface area contributed by atoms with E-state index >= 15 is 0 Å². The van der Waals surface area contributed by atoms with Gasteiger partial charge in [0, 0.05) is 72.4 Å². The predicted molar refractivity (Wildman–Crippen MR) is 286 cm³/mol. The fourth-order valence-corrected chi connectivity index (χ4v) is 18.6. The third-order valence-electron chi connectivity index (χ3n) is 15.2. The van der Waals surface area contributed by atoms with Crippen LogP contribution in [-0.4, -0.2) is 168 Å². The summed E-state index contributed by atoms with van der Waals surface area (Å²) >= 11 is 14.3. The minimum atomic E-state index is -3.98.